The van der Waals surface area contributed by atoms with Gasteiger partial charge in [-0.1, -0.05) is 65.5 Å². The zero-order chi connectivity index (χ0) is 37.9. The monoisotopic (exact) mass is 752 g/mol. The summed E-state index contributed by atoms with van der Waals surface area (Å²) in [7, 11) is -3.71. The van der Waals surface area contributed by atoms with Gasteiger partial charge < -0.3 is 32.4 Å². The Morgan fingerprint density at radius 3 is 2.27 bits per heavy atom. The van der Waals surface area contributed by atoms with Gasteiger partial charge in [0.25, 0.3) is 0 Å². The second kappa shape index (κ2) is 19.4. The van der Waals surface area contributed by atoms with Gasteiger partial charge in [-0.05, 0) is 91.3 Å². The Balaban J connectivity index is 1.19. The lowest BCUT2D eigenvalue weighted by Gasteiger charge is -2.58. The van der Waals surface area contributed by atoms with E-state index in [-0.39, 0.29) is 81.9 Å². The van der Waals surface area contributed by atoms with Crippen LogP contribution in [0.3, 0.4) is 0 Å². The molecule has 9 N–H and O–H groups in total. The van der Waals surface area contributed by atoms with E-state index < -0.39 is 7.75 Å². The maximum atomic E-state index is 13.1. The highest BCUT2D eigenvalue weighted by atomic mass is 31.2. The van der Waals surface area contributed by atoms with E-state index in [9.17, 15) is 9.36 Å². The van der Waals surface area contributed by atoms with Gasteiger partial charge >= 0.3 is 13.7 Å². The first-order valence-electron chi connectivity index (χ1n) is 19.9. The summed E-state index contributed by atoms with van der Waals surface area (Å²) in [5.74, 6) is 4.40. The fraction of sp³-hybridized carbons (Fsp3) is 0.868. The van der Waals surface area contributed by atoms with Crippen molar-refractivity contribution in [3.05, 3.63) is 11.6 Å². The van der Waals surface area contributed by atoms with E-state index in [1.54, 1.807) is 0 Å². The van der Waals surface area contributed by atoms with Gasteiger partial charge in [-0.2, -0.15) is 0 Å². The number of nitrogens with zero attached hydrogens (tertiary/aromatic N) is 2. The van der Waals surface area contributed by atoms with Gasteiger partial charge in [-0.3, -0.25) is 23.8 Å². The molecule has 0 spiro atoms. The lowest BCUT2D eigenvalue weighted by molar-refractivity contribution is -0.152. The molecule has 0 bridgehead atoms. The summed E-state index contributed by atoms with van der Waals surface area (Å²) in [4.78, 5) is 20.5. The third-order valence-electron chi connectivity index (χ3n) is 12.9. The molecule has 8 atom stereocenters. The van der Waals surface area contributed by atoms with Crippen LogP contribution in [0.2, 0.25) is 0 Å². The Hall–Kier alpha value is -2.18. The molecule has 4 rings (SSSR count). The van der Waals surface area contributed by atoms with E-state index in [0.717, 1.165) is 54.8 Å². The maximum absolute atomic E-state index is 13.1. The Labute approximate surface area is 312 Å². The quantitative estimate of drug-likeness (QED) is 0.0242. The standard InChI is InChI=1S/C38H70N7O6P/c1-26(2)7-6-8-27(3)31-11-12-32-30-10-9-28-25-29(13-16-37(28,4)33(30)14-17-38(31,32)5)51-34(46)15-21-48-22-20-45-52(47,49-23-18-43-35(39)40)50-24-19-44-36(41)42/h9,26-27,29-33H,6-8,10-25H2,1-5H3,(H,45,47)(H4,39,40,43)(H4,41,42,44). The molecule has 0 aromatic carbocycles. The molecule has 0 aromatic rings. The fourth-order valence-corrected chi connectivity index (χ4v) is 11.6. The van der Waals surface area contributed by atoms with Gasteiger partial charge in [0.2, 0.25) is 0 Å². The molecule has 298 valence electrons. The van der Waals surface area contributed by atoms with Gasteiger partial charge in [0.1, 0.15) is 6.10 Å². The van der Waals surface area contributed by atoms with Crippen molar-refractivity contribution < 1.29 is 27.9 Å². The van der Waals surface area contributed by atoms with E-state index in [0.29, 0.717) is 5.41 Å². The molecule has 4 aliphatic rings. The molecule has 0 heterocycles. The van der Waals surface area contributed by atoms with Gasteiger partial charge in [0.15, 0.2) is 11.9 Å². The highest BCUT2D eigenvalue weighted by Crippen LogP contribution is 2.67. The number of fused-ring (bicyclic) bond motifs is 5. The predicted molar refractivity (Wildman–Crippen MR) is 207 cm³/mol. The Bertz CT molecular complexity index is 1280. The Kier molecular flexibility index (Phi) is 15.9. The van der Waals surface area contributed by atoms with Crippen LogP contribution in [0.5, 0.6) is 0 Å². The molecule has 4 aliphatic carbocycles. The number of ether oxygens (including phenoxy) is 2. The summed E-state index contributed by atoms with van der Waals surface area (Å²) < 4.78 is 35.5. The fourth-order valence-electron chi connectivity index (χ4n) is 10.3. The van der Waals surface area contributed by atoms with Gasteiger partial charge in [0.05, 0.1) is 45.9 Å². The molecule has 0 saturated heterocycles. The van der Waals surface area contributed by atoms with Crippen molar-refractivity contribution >= 4 is 25.6 Å². The molecular formula is C38H70N7O6P. The zero-order valence-corrected chi connectivity index (χ0v) is 33.5. The smallest absolute Gasteiger partial charge is 0.405 e. The van der Waals surface area contributed by atoms with Crippen LogP contribution in [-0.2, 0) is 27.9 Å². The van der Waals surface area contributed by atoms with E-state index in [2.05, 4.69) is 55.8 Å². The van der Waals surface area contributed by atoms with Gasteiger partial charge in [-0.15, -0.1) is 0 Å². The topological polar surface area (TPSA) is 212 Å². The molecule has 0 amide bonds. The number of esters is 1. The van der Waals surface area contributed by atoms with Crippen LogP contribution in [-0.4, -0.2) is 70.1 Å². The predicted octanol–water partition coefficient (Wildman–Crippen LogP) is 5.62. The number of carbonyl (C=O) groups is 1. The average Bonchev–Trinajstić information content (AvgIpc) is 3.44. The summed E-state index contributed by atoms with van der Waals surface area (Å²) in [5.41, 5.74) is 23.5. The van der Waals surface area contributed by atoms with Crippen molar-refractivity contribution in [3.8, 4) is 0 Å². The molecule has 14 heteroatoms. The number of aliphatic imine (C=N–C) groups is 2. The lowest BCUT2D eigenvalue weighted by Crippen LogP contribution is -2.51. The highest BCUT2D eigenvalue weighted by molar-refractivity contribution is 7.51. The minimum Gasteiger partial charge on any atom is -0.462 e. The first kappa shape index (κ1) is 42.6. The number of nitrogens with two attached hydrogens (primary N) is 4. The lowest BCUT2D eigenvalue weighted by atomic mass is 9.47. The largest absolute Gasteiger partial charge is 0.462 e. The van der Waals surface area contributed by atoms with Crippen molar-refractivity contribution in [2.75, 3.05) is 46.1 Å². The molecule has 0 aliphatic heterocycles. The summed E-state index contributed by atoms with van der Waals surface area (Å²) in [6.45, 7) is 13.1. The van der Waals surface area contributed by atoms with Crippen molar-refractivity contribution in [1.29, 1.82) is 0 Å². The molecule has 0 radical (unpaired) electrons. The molecule has 8 unspecified atom stereocenters. The van der Waals surface area contributed by atoms with Crippen molar-refractivity contribution in [3.63, 3.8) is 0 Å². The van der Waals surface area contributed by atoms with Crippen molar-refractivity contribution in [2.45, 2.75) is 118 Å². The molecule has 0 aromatic heterocycles. The second-order valence-electron chi connectivity index (χ2n) is 16.7. The summed E-state index contributed by atoms with van der Waals surface area (Å²) in [6, 6.07) is 0. The minimum absolute atomic E-state index is 0.0336. The van der Waals surface area contributed by atoms with Crippen molar-refractivity contribution in [1.82, 2.24) is 5.09 Å². The molecule has 13 nitrogen and oxygen atoms in total. The van der Waals surface area contributed by atoms with Crippen LogP contribution in [0.1, 0.15) is 112 Å². The zero-order valence-electron chi connectivity index (χ0n) is 32.7. The van der Waals surface area contributed by atoms with Crippen LogP contribution >= 0.6 is 7.75 Å². The number of hydrogen-bond donors (Lipinski definition) is 5. The van der Waals surface area contributed by atoms with Crippen LogP contribution in [0.25, 0.3) is 0 Å². The normalized spacial score (nSPS) is 30.4. The first-order valence-corrected chi connectivity index (χ1v) is 21.4. The summed E-state index contributed by atoms with van der Waals surface area (Å²) in [5, 5.41) is 2.75. The third kappa shape index (κ3) is 11.4. The number of allylic oxidation sites excluding steroid dienone is 1. The third-order valence-corrected chi connectivity index (χ3v) is 14.5. The number of rotatable bonds is 21. The van der Waals surface area contributed by atoms with E-state index >= 15 is 0 Å². The molecular weight excluding hydrogens is 681 g/mol. The first-order chi connectivity index (χ1) is 24.7. The van der Waals surface area contributed by atoms with Crippen LogP contribution in [0, 0.1) is 46.3 Å². The number of guanidine groups is 2. The highest BCUT2D eigenvalue weighted by Gasteiger charge is 2.59. The molecule has 3 fully saturated rings. The molecule has 3 saturated carbocycles. The number of hydrogen-bond acceptors (Lipinski definition) is 8. The van der Waals surface area contributed by atoms with Crippen LogP contribution in [0.4, 0.5) is 0 Å². The van der Waals surface area contributed by atoms with Crippen molar-refractivity contribution in [2.24, 2.45) is 79.3 Å². The van der Waals surface area contributed by atoms with E-state index in [1.807, 2.05) is 0 Å². The second-order valence-corrected chi connectivity index (χ2v) is 18.5. The number of carbonyl (C=O) groups excluding carboxylic acids is 1. The summed E-state index contributed by atoms with van der Waals surface area (Å²) in [6.07, 6.45) is 16.2. The van der Waals surface area contributed by atoms with Crippen LogP contribution in [0.15, 0.2) is 21.6 Å². The molecule has 52 heavy (non-hydrogen) atoms. The van der Waals surface area contributed by atoms with E-state index in [1.165, 1.54) is 56.9 Å². The number of nitrogens with one attached hydrogen (secondary N) is 1. The average molecular weight is 752 g/mol. The van der Waals surface area contributed by atoms with Crippen LogP contribution < -0.4 is 28.0 Å². The summed E-state index contributed by atoms with van der Waals surface area (Å²) >= 11 is 0. The SMILES string of the molecule is CC(C)CCCC(C)C1CCC2C3CC=C4CC(OC(=O)CCOCCNP(=O)(OCCN=C(N)N)OCCN=C(N)N)CCC4(C)C3CCC12C. The maximum Gasteiger partial charge on any atom is 0.405 e. The van der Waals surface area contributed by atoms with E-state index in [4.69, 9.17) is 41.5 Å². The Morgan fingerprint density at radius 1 is 0.923 bits per heavy atom. The minimum atomic E-state index is -3.71. The Morgan fingerprint density at radius 2 is 1.62 bits per heavy atom. The van der Waals surface area contributed by atoms with Gasteiger partial charge in [-0.25, -0.2) is 9.65 Å². The van der Waals surface area contributed by atoms with Gasteiger partial charge in [0, 0.05) is 13.0 Å².